The number of anilines is 1. The highest BCUT2D eigenvalue weighted by atomic mass is 16.6. The van der Waals surface area contributed by atoms with Crippen LogP contribution in [0, 0.1) is 0 Å². The van der Waals surface area contributed by atoms with Gasteiger partial charge in [0.05, 0.1) is 5.52 Å². The molecular formula is C20H28N8O2. The van der Waals surface area contributed by atoms with Crippen molar-refractivity contribution in [2.24, 2.45) is 5.90 Å². The third kappa shape index (κ3) is 4.29. The van der Waals surface area contributed by atoms with Gasteiger partial charge in [-0.05, 0) is 31.4 Å². The molecule has 3 aromatic heterocycles. The maximum Gasteiger partial charge on any atom is 0.315 e. The highest BCUT2D eigenvalue weighted by molar-refractivity contribution is 6.04. The van der Waals surface area contributed by atoms with E-state index < -0.39 is 0 Å². The van der Waals surface area contributed by atoms with Gasteiger partial charge >= 0.3 is 6.03 Å². The van der Waals surface area contributed by atoms with Crippen LogP contribution in [0.3, 0.4) is 0 Å². The number of pyridine rings is 2. The maximum atomic E-state index is 12.2. The Balaban J connectivity index is 1.47. The number of fused-ring (bicyclic) bond motifs is 3. The summed E-state index contributed by atoms with van der Waals surface area (Å²) in [6.07, 6.45) is 8.18. The van der Waals surface area contributed by atoms with E-state index in [2.05, 4.69) is 25.6 Å². The molecule has 0 unspecified atom stereocenters. The minimum atomic E-state index is -0.108. The fourth-order valence-electron chi connectivity index (χ4n) is 4.12. The van der Waals surface area contributed by atoms with Crippen LogP contribution < -0.4 is 22.3 Å². The van der Waals surface area contributed by atoms with Gasteiger partial charge in [-0.2, -0.15) is 0 Å². The number of amides is 2. The zero-order valence-corrected chi connectivity index (χ0v) is 16.9. The zero-order chi connectivity index (χ0) is 20.9. The van der Waals surface area contributed by atoms with Crippen LogP contribution in [0.15, 0.2) is 18.3 Å². The van der Waals surface area contributed by atoms with Crippen LogP contribution in [-0.4, -0.2) is 38.1 Å². The van der Waals surface area contributed by atoms with Crippen molar-refractivity contribution in [2.75, 3.05) is 12.3 Å². The number of imidazole rings is 1. The van der Waals surface area contributed by atoms with E-state index in [0.29, 0.717) is 42.2 Å². The molecule has 6 N–H and O–H groups in total. The molecule has 160 valence electrons. The average Bonchev–Trinajstić information content (AvgIpc) is 3.11. The van der Waals surface area contributed by atoms with Gasteiger partial charge in [-0.1, -0.05) is 19.3 Å². The quantitative estimate of drug-likeness (QED) is 0.343. The van der Waals surface area contributed by atoms with Crippen molar-refractivity contribution in [2.45, 2.75) is 57.7 Å². The normalized spacial score (nSPS) is 15.0. The molecule has 10 nitrogen and oxygen atoms in total. The Hall–Kier alpha value is -2.98. The molecule has 1 aliphatic rings. The fraction of sp³-hybridized carbons (Fsp3) is 0.500. The molecule has 0 radical (unpaired) electrons. The number of aryl methyl sites for hydroxylation is 1. The lowest BCUT2D eigenvalue weighted by Crippen LogP contribution is -2.43. The number of hydrogen-bond donors (Lipinski definition) is 4. The van der Waals surface area contributed by atoms with Crippen molar-refractivity contribution >= 4 is 33.9 Å². The number of carbonyl (C=O) groups is 1. The predicted molar refractivity (Wildman–Crippen MR) is 114 cm³/mol. The molecular weight excluding hydrogens is 384 g/mol. The molecule has 0 aliphatic heterocycles. The lowest BCUT2D eigenvalue weighted by Gasteiger charge is -2.22. The summed E-state index contributed by atoms with van der Waals surface area (Å²) in [6, 6.07) is 3.87. The molecule has 0 spiro atoms. The Morgan fingerprint density at radius 2 is 2.07 bits per heavy atom. The molecule has 0 atom stereocenters. The van der Waals surface area contributed by atoms with Gasteiger partial charge in [0.25, 0.3) is 0 Å². The average molecular weight is 412 g/mol. The number of carbonyl (C=O) groups excluding carboxylic acids is 1. The van der Waals surface area contributed by atoms with E-state index in [1.807, 2.05) is 16.7 Å². The largest absolute Gasteiger partial charge is 0.382 e. The van der Waals surface area contributed by atoms with Gasteiger partial charge in [0.15, 0.2) is 5.82 Å². The van der Waals surface area contributed by atoms with E-state index >= 15 is 0 Å². The second-order valence-corrected chi connectivity index (χ2v) is 7.64. The van der Waals surface area contributed by atoms with Crippen LogP contribution >= 0.6 is 0 Å². The van der Waals surface area contributed by atoms with Crippen LogP contribution in [0.4, 0.5) is 10.6 Å². The Kier molecular flexibility index (Phi) is 6.24. The lowest BCUT2D eigenvalue weighted by molar-refractivity contribution is 0.116. The summed E-state index contributed by atoms with van der Waals surface area (Å²) in [5.41, 5.74) is 8.94. The monoisotopic (exact) mass is 412 g/mol. The van der Waals surface area contributed by atoms with Crippen LogP contribution in [-0.2, 0) is 18.0 Å². The number of rotatable bonds is 7. The van der Waals surface area contributed by atoms with Crippen LogP contribution in [0.5, 0.6) is 0 Å². The van der Waals surface area contributed by atoms with E-state index in [1.54, 1.807) is 6.20 Å². The number of urea groups is 1. The Bertz CT molecular complexity index is 1030. The fourth-order valence-corrected chi connectivity index (χ4v) is 4.12. The van der Waals surface area contributed by atoms with Gasteiger partial charge in [0, 0.05) is 25.3 Å². The highest BCUT2D eigenvalue weighted by Crippen LogP contribution is 2.27. The minimum Gasteiger partial charge on any atom is -0.382 e. The van der Waals surface area contributed by atoms with E-state index in [1.165, 1.54) is 19.3 Å². The first-order chi connectivity index (χ1) is 14.7. The first-order valence-corrected chi connectivity index (χ1v) is 10.4. The second kappa shape index (κ2) is 9.23. The lowest BCUT2D eigenvalue weighted by atomic mass is 9.96. The molecule has 3 aromatic rings. The summed E-state index contributed by atoms with van der Waals surface area (Å²) in [6.45, 7) is 1.28. The van der Waals surface area contributed by atoms with Crippen LogP contribution in [0.25, 0.3) is 22.1 Å². The van der Waals surface area contributed by atoms with Gasteiger partial charge in [-0.3, -0.25) is 9.82 Å². The summed E-state index contributed by atoms with van der Waals surface area (Å²) in [7, 11) is 0. The number of aromatic nitrogens is 4. The molecule has 0 bridgehead atoms. The van der Waals surface area contributed by atoms with Crippen LogP contribution in [0.1, 0.15) is 44.3 Å². The van der Waals surface area contributed by atoms with Gasteiger partial charge in [-0.15, -0.1) is 0 Å². The molecule has 3 heterocycles. The smallest absolute Gasteiger partial charge is 0.315 e. The van der Waals surface area contributed by atoms with Crippen molar-refractivity contribution in [3.8, 4) is 0 Å². The SMILES string of the molecule is NOCc1nc2c(N)nc3cccnc3c2n1CCCNC(=O)NC1CCCCC1. The minimum absolute atomic E-state index is 0.108. The van der Waals surface area contributed by atoms with E-state index in [9.17, 15) is 4.79 Å². The third-order valence-electron chi connectivity index (χ3n) is 5.54. The molecule has 4 rings (SSSR count). The van der Waals surface area contributed by atoms with Crippen molar-refractivity contribution in [3.63, 3.8) is 0 Å². The number of hydrogen-bond acceptors (Lipinski definition) is 7. The van der Waals surface area contributed by atoms with Crippen molar-refractivity contribution in [3.05, 3.63) is 24.2 Å². The first-order valence-electron chi connectivity index (χ1n) is 10.4. The zero-order valence-electron chi connectivity index (χ0n) is 16.9. The Morgan fingerprint density at radius 3 is 2.87 bits per heavy atom. The predicted octanol–water partition coefficient (Wildman–Crippen LogP) is 1.97. The van der Waals surface area contributed by atoms with Crippen molar-refractivity contribution in [1.82, 2.24) is 30.2 Å². The van der Waals surface area contributed by atoms with E-state index in [-0.39, 0.29) is 18.7 Å². The maximum absolute atomic E-state index is 12.2. The summed E-state index contributed by atoms with van der Waals surface area (Å²) in [4.78, 5) is 30.4. The van der Waals surface area contributed by atoms with Gasteiger partial charge in [0.2, 0.25) is 0 Å². The first kappa shape index (κ1) is 20.3. The number of nitrogens with one attached hydrogen (secondary N) is 2. The molecule has 30 heavy (non-hydrogen) atoms. The van der Waals surface area contributed by atoms with Gasteiger partial charge in [-0.25, -0.2) is 20.7 Å². The molecule has 0 aromatic carbocycles. The number of nitrogen functional groups attached to an aromatic ring is 1. The third-order valence-corrected chi connectivity index (χ3v) is 5.54. The second-order valence-electron chi connectivity index (χ2n) is 7.64. The van der Waals surface area contributed by atoms with Crippen molar-refractivity contribution in [1.29, 1.82) is 0 Å². The van der Waals surface area contributed by atoms with Crippen LogP contribution in [0.2, 0.25) is 0 Å². The standard InChI is InChI=1S/C20H28N8O2/c21-19-17-18(16-14(26-19)8-4-9-23-16)28(15(27-17)12-30-22)11-5-10-24-20(29)25-13-6-2-1-3-7-13/h4,8-9,13H,1-3,5-7,10-12,22H2,(H2,21,26)(H2,24,25,29). The van der Waals surface area contributed by atoms with Crippen molar-refractivity contribution < 1.29 is 9.63 Å². The number of nitrogens with two attached hydrogens (primary N) is 2. The van der Waals surface area contributed by atoms with E-state index in [0.717, 1.165) is 23.9 Å². The Labute approximate surface area is 174 Å². The molecule has 1 fully saturated rings. The molecule has 10 heteroatoms. The highest BCUT2D eigenvalue weighted by Gasteiger charge is 2.18. The summed E-state index contributed by atoms with van der Waals surface area (Å²) < 4.78 is 2.00. The molecule has 0 saturated heterocycles. The number of nitrogens with zero attached hydrogens (tertiary/aromatic N) is 4. The summed E-state index contributed by atoms with van der Waals surface area (Å²) >= 11 is 0. The van der Waals surface area contributed by atoms with E-state index in [4.69, 9.17) is 16.5 Å². The molecule has 2 amide bonds. The van der Waals surface area contributed by atoms with Gasteiger partial charge < -0.3 is 20.9 Å². The summed E-state index contributed by atoms with van der Waals surface area (Å²) in [5, 5.41) is 6.01. The Morgan fingerprint density at radius 1 is 1.23 bits per heavy atom. The summed E-state index contributed by atoms with van der Waals surface area (Å²) in [5.74, 6) is 6.29. The molecule has 1 aliphatic carbocycles. The van der Waals surface area contributed by atoms with Gasteiger partial charge in [0.1, 0.15) is 29.0 Å². The molecule has 1 saturated carbocycles. The topological polar surface area (TPSA) is 146 Å².